The SMILES string of the molecule is N#CC(C#N)[C@@H](CC(=O)c1ccccc1)c1ccc(Cl)cc1Cl. The minimum Gasteiger partial charge on any atom is -0.294 e. The first-order valence-corrected chi connectivity index (χ1v) is 7.65. The van der Waals surface area contributed by atoms with Crippen molar-refractivity contribution in [2.24, 2.45) is 5.92 Å². The van der Waals surface area contributed by atoms with Gasteiger partial charge in [0.15, 0.2) is 5.78 Å². The van der Waals surface area contributed by atoms with Gasteiger partial charge in [-0.2, -0.15) is 10.5 Å². The van der Waals surface area contributed by atoms with E-state index >= 15 is 0 Å². The monoisotopic (exact) mass is 342 g/mol. The molecule has 1 atom stereocenters. The summed E-state index contributed by atoms with van der Waals surface area (Å²) in [4.78, 5) is 12.5. The molecule has 0 fully saturated rings. The number of hydrogen-bond acceptors (Lipinski definition) is 3. The molecular formula is C18H12Cl2N2O. The first-order chi connectivity index (χ1) is 11.1. The van der Waals surface area contributed by atoms with Crippen molar-refractivity contribution in [1.29, 1.82) is 10.5 Å². The minimum absolute atomic E-state index is 0.0250. The molecule has 5 heteroatoms. The average molecular weight is 343 g/mol. The highest BCUT2D eigenvalue weighted by atomic mass is 35.5. The summed E-state index contributed by atoms with van der Waals surface area (Å²) in [5.41, 5.74) is 1.12. The number of nitriles is 2. The van der Waals surface area contributed by atoms with Crippen LogP contribution in [0.4, 0.5) is 0 Å². The van der Waals surface area contributed by atoms with E-state index in [1.54, 1.807) is 42.5 Å². The third-order valence-corrected chi connectivity index (χ3v) is 4.11. The highest BCUT2D eigenvalue weighted by molar-refractivity contribution is 6.35. The summed E-state index contributed by atoms with van der Waals surface area (Å²) in [7, 11) is 0. The van der Waals surface area contributed by atoms with E-state index in [2.05, 4.69) is 0 Å². The minimum atomic E-state index is -0.971. The molecule has 0 saturated carbocycles. The molecular weight excluding hydrogens is 331 g/mol. The molecule has 0 aliphatic rings. The Kier molecular flexibility index (Phi) is 5.77. The van der Waals surface area contributed by atoms with Crippen molar-refractivity contribution in [3.63, 3.8) is 0 Å². The number of halogens is 2. The zero-order valence-electron chi connectivity index (χ0n) is 12.0. The van der Waals surface area contributed by atoms with Crippen molar-refractivity contribution >= 4 is 29.0 Å². The highest BCUT2D eigenvalue weighted by Gasteiger charge is 2.28. The van der Waals surface area contributed by atoms with Gasteiger partial charge in [0.2, 0.25) is 0 Å². The fraction of sp³-hybridized carbons (Fsp3) is 0.167. The zero-order valence-corrected chi connectivity index (χ0v) is 13.6. The van der Waals surface area contributed by atoms with Gasteiger partial charge in [-0.15, -0.1) is 0 Å². The van der Waals surface area contributed by atoms with Crippen molar-refractivity contribution in [1.82, 2.24) is 0 Å². The molecule has 0 spiro atoms. The van der Waals surface area contributed by atoms with E-state index in [-0.39, 0.29) is 12.2 Å². The van der Waals surface area contributed by atoms with Crippen LogP contribution in [0.25, 0.3) is 0 Å². The number of carbonyl (C=O) groups is 1. The number of rotatable bonds is 5. The average Bonchev–Trinajstić information content (AvgIpc) is 2.56. The fourth-order valence-corrected chi connectivity index (χ4v) is 2.91. The Hall–Kier alpha value is -2.33. The largest absolute Gasteiger partial charge is 0.294 e. The number of carbonyl (C=O) groups excluding carboxylic acids is 1. The van der Waals surface area contributed by atoms with Crippen LogP contribution in [0, 0.1) is 28.6 Å². The van der Waals surface area contributed by atoms with Crippen LogP contribution in [0.3, 0.4) is 0 Å². The molecule has 0 aromatic heterocycles. The van der Waals surface area contributed by atoms with Gasteiger partial charge < -0.3 is 0 Å². The lowest BCUT2D eigenvalue weighted by molar-refractivity contribution is 0.0971. The molecule has 0 amide bonds. The molecule has 0 bridgehead atoms. The third-order valence-electron chi connectivity index (χ3n) is 3.54. The molecule has 2 aromatic carbocycles. The Morgan fingerprint density at radius 3 is 2.26 bits per heavy atom. The van der Waals surface area contributed by atoms with Crippen LogP contribution in [-0.4, -0.2) is 5.78 Å². The molecule has 23 heavy (non-hydrogen) atoms. The predicted octanol–water partition coefficient (Wildman–Crippen LogP) is 5.01. The van der Waals surface area contributed by atoms with E-state index in [9.17, 15) is 15.3 Å². The molecule has 0 N–H and O–H groups in total. The maximum Gasteiger partial charge on any atom is 0.163 e. The fourth-order valence-electron chi connectivity index (χ4n) is 2.36. The van der Waals surface area contributed by atoms with Gasteiger partial charge in [-0.25, -0.2) is 0 Å². The molecule has 0 unspecified atom stereocenters. The quantitative estimate of drug-likeness (QED) is 0.717. The number of Topliss-reactive ketones (excluding diaryl/α,β-unsaturated/α-hetero) is 1. The highest BCUT2D eigenvalue weighted by Crippen LogP contribution is 2.35. The maximum atomic E-state index is 12.5. The standard InChI is InChI=1S/C18H12Cl2N2O/c19-14-6-7-15(17(20)8-14)16(13(10-21)11-22)9-18(23)12-4-2-1-3-5-12/h1-8,13,16H,9H2/t16-/m1/s1. The molecule has 0 saturated heterocycles. The summed E-state index contributed by atoms with van der Waals surface area (Å²) >= 11 is 12.1. The van der Waals surface area contributed by atoms with Gasteiger partial charge in [0.05, 0.1) is 12.1 Å². The van der Waals surface area contributed by atoms with Crippen molar-refractivity contribution in [2.75, 3.05) is 0 Å². The van der Waals surface area contributed by atoms with Gasteiger partial charge in [-0.05, 0) is 17.7 Å². The van der Waals surface area contributed by atoms with Crippen molar-refractivity contribution in [3.8, 4) is 12.1 Å². The second-order valence-electron chi connectivity index (χ2n) is 5.00. The normalized spacial score (nSPS) is 11.5. The lowest BCUT2D eigenvalue weighted by atomic mass is 9.82. The first kappa shape index (κ1) is 17.0. The van der Waals surface area contributed by atoms with E-state index in [1.807, 2.05) is 18.2 Å². The van der Waals surface area contributed by atoms with Crippen LogP contribution in [0.5, 0.6) is 0 Å². The molecule has 2 rings (SSSR count). The van der Waals surface area contributed by atoms with Gasteiger partial charge in [0.1, 0.15) is 5.92 Å². The first-order valence-electron chi connectivity index (χ1n) is 6.89. The van der Waals surface area contributed by atoms with Gasteiger partial charge in [-0.1, -0.05) is 59.6 Å². The van der Waals surface area contributed by atoms with Gasteiger partial charge in [0, 0.05) is 27.9 Å². The molecule has 0 aliphatic carbocycles. The predicted molar refractivity (Wildman–Crippen MR) is 89.3 cm³/mol. The molecule has 2 aromatic rings. The van der Waals surface area contributed by atoms with E-state index in [0.29, 0.717) is 21.2 Å². The van der Waals surface area contributed by atoms with Gasteiger partial charge in [-0.3, -0.25) is 4.79 Å². The Labute approximate surface area is 144 Å². The molecule has 114 valence electrons. The van der Waals surface area contributed by atoms with E-state index in [4.69, 9.17) is 23.2 Å². The van der Waals surface area contributed by atoms with Crippen LogP contribution >= 0.6 is 23.2 Å². The van der Waals surface area contributed by atoms with Crippen molar-refractivity contribution < 1.29 is 4.79 Å². The molecule has 0 aliphatic heterocycles. The summed E-state index contributed by atoms with van der Waals surface area (Å²) in [6, 6.07) is 17.5. The summed E-state index contributed by atoms with van der Waals surface area (Å²) in [5, 5.41) is 19.3. The van der Waals surface area contributed by atoms with E-state index in [1.165, 1.54) is 0 Å². The smallest absolute Gasteiger partial charge is 0.163 e. The van der Waals surface area contributed by atoms with Crippen LogP contribution < -0.4 is 0 Å². The van der Waals surface area contributed by atoms with Gasteiger partial charge in [0.25, 0.3) is 0 Å². The summed E-state index contributed by atoms with van der Waals surface area (Å²) in [6.07, 6.45) is 0.0250. The number of ketones is 1. The third kappa shape index (κ3) is 4.11. The van der Waals surface area contributed by atoms with E-state index < -0.39 is 11.8 Å². The molecule has 0 heterocycles. The zero-order chi connectivity index (χ0) is 16.8. The van der Waals surface area contributed by atoms with Crippen LogP contribution in [0.2, 0.25) is 10.0 Å². The Balaban J connectivity index is 2.38. The van der Waals surface area contributed by atoms with Crippen molar-refractivity contribution in [3.05, 3.63) is 69.7 Å². The van der Waals surface area contributed by atoms with Crippen LogP contribution in [0.1, 0.15) is 28.3 Å². The molecule has 3 nitrogen and oxygen atoms in total. The summed E-state index contributed by atoms with van der Waals surface area (Å²) in [6.45, 7) is 0. The summed E-state index contributed by atoms with van der Waals surface area (Å²) < 4.78 is 0. The Bertz CT molecular complexity index is 777. The van der Waals surface area contributed by atoms with E-state index in [0.717, 1.165) is 0 Å². The number of hydrogen-bond donors (Lipinski definition) is 0. The van der Waals surface area contributed by atoms with Crippen molar-refractivity contribution in [2.45, 2.75) is 12.3 Å². The number of benzene rings is 2. The van der Waals surface area contributed by atoms with Crippen LogP contribution in [-0.2, 0) is 0 Å². The topological polar surface area (TPSA) is 64.7 Å². The van der Waals surface area contributed by atoms with Gasteiger partial charge >= 0.3 is 0 Å². The summed E-state index contributed by atoms with van der Waals surface area (Å²) in [5.74, 6) is -1.72. The maximum absolute atomic E-state index is 12.5. The Morgan fingerprint density at radius 2 is 1.70 bits per heavy atom. The Morgan fingerprint density at radius 1 is 1.04 bits per heavy atom. The second-order valence-corrected chi connectivity index (χ2v) is 5.85. The number of nitrogens with zero attached hydrogens (tertiary/aromatic N) is 2. The molecule has 0 radical (unpaired) electrons. The lowest BCUT2D eigenvalue weighted by Crippen LogP contribution is -2.15. The van der Waals surface area contributed by atoms with Crippen LogP contribution in [0.15, 0.2) is 48.5 Å². The second kappa shape index (κ2) is 7.79. The lowest BCUT2D eigenvalue weighted by Gasteiger charge is -2.19.